The van der Waals surface area contributed by atoms with Crippen LogP contribution in [0.4, 0.5) is 5.00 Å². The van der Waals surface area contributed by atoms with Crippen molar-refractivity contribution in [3.05, 3.63) is 16.5 Å². The monoisotopic (exact) mass is 255 g/mol. The molecule has 0 fully saturated rings. The van der Waals surface area contributed by atoms with Crippen LogP contribution in [-0.4, -0.2) is 17.0 Å². The van der Waals surface area contributed by atoms with Gasteiger partial charge in [0.15, 0.2) is 0 Å². The van der Waals surface area contributed by atoms with Gasteiger partial charge in [-0.3, -0.25) is 4.79 Å². The van der Waals surface area contributed by atoms with Crippen LogP contribution >= 0.6 is 11.3 Å². The van der Waals surface area contributed by atoms with E-state index in [-0.39, 0.29) is 10.8 Å². The summed E-state index contributed by atoms with van der Waals surface area (Å²) in [4.78, 5) is 22.6. The first kappa shape index (κ1) is 13.7. The van der Waals surface area contributed by atoms with E-state index < -0.39 is 5.97 Å². The quantitative estimate of drug-likeness (QED) is 0.767. The van der Waals surface area contributed by atoms with Crippen molar-refractivity contribution in [2.45, 2.75) is 39.5 Å². The Bertz CT molecular complexity index is 412. The van der Waals surface area contributed by atoms with Crippen molar-refractivity contribution in [1.82, 2.24) is 0 Å². The molecule has 0 aliphatic rings. The van der Waals surface area contributed by atoms with Crippen LogP contribution < -0.4 is 5.32 Å². The second-order valence-electron chi connectivity index (χ2n) is 3.93. The van der Waals surface area contributed by atoms with Gasteiger partial charge in [-0.05, 0) is 25.0 Å². The lowest BCUT2D eigenvalue weighted by Crippen LogP contribution is -2.09. The van der Waals surface area contributed by atoms with Gasteiger partial charge in [0.25, 0.3) is 0 Å². The molecule has 5 heteroatoms. The topological polar surface area (TPSA) is 66.4 Å². The molecule has 0 aromatic carbocycles. The summed E-state index contributed by atoms with van der Waals surface area (Å²) >= 11 is 1.10. The Labute approximate surface area is 105 Å². The molecule has 1 aromatic rings. The first-order valence-corrected chi connectivity index (χ1v) is 6.49. The number of carbonyl (C=O) groups excluding carboxylic acids is 1. The summed E-state index contributed by atoms with van der Waals surface area (Å²) in [5.41, 5.74) is 0.686. The van der Waals surface area contributed by atoms with Gasteiger partial charge in [-0.2, -0.15) is 0 Å². The second kappa shape index (κ2) is 6.39. The van der Waals surface area contributed by atoms with E-state index in [4.69, 9.17) is 5.11 Å². The number of amides is 1. The van der Waals surface area contributed by atoms with Gasteiger partial charge in [0.1, 0.15) is 4.88 Å². The largest absolute Gasteiger partial charge is 0.477 e. The van der Waals surface area contributed by atoms with Crippen LogP contribution in [0.15, 0.2) is 6.07 Å². The molecule has 1 rings (SSSR count). The van der Waals surface area contributed by atoms with Crippen molar-refractivity contribution in [2.75, 3.05) is 5.32 Å². The number of hydrogen-bond donors (Lipinski definition) is 2. The molecule has 17 heavy (non-hydrogen) atoms. The number of rotatable bonds is 6. The van der Waals surface area contributed by atoms with Gasteiger partial charge in [-0.15, -0.1) is 11.3 Å². The van der Waals surface area contributed by atoms with Crippen LogP contribution in [0.1, 0.15) is 47.8 Å². The molecule has 1 amide bonds. The summed E-state index contributed by atoms with van der Waals surface area (Å²) in [6.07, 6.45) is 3.48. The summed E-state index contributed by atoms with van der Waals surface area (Å²) in [6, 6.07) is 1.70. The number of unbranched alkanes of at least 4 members (excludes halogenated alkanes) is 2. The Morgan fingerprint density at radius 2 is 2.12 bits per heavy atom. The second-order valence-corrected chi connectivity index (χ2v) is 4.99. The Balaban J connectivity index is 2.54. The van der Waals surface area contributed by atoms with Crippen LogP contribution in [0.2, 0.25) is 0 Å². The molecule has 2 N–H and O–H groups in total. The zero-order valence-corrected chi connectivity index (χ0v) is 10.9. The summed E-state index contributed by atoms with van der Waals surface area (Å²) in [5, 5.41) is 12.2. The van der Waals surface area contributed by atoms with Crippen LogP contribution in [0.5, 0.6) is 0 Å². The van der Waals surface area contributed by atoms with E-state index in [2.05, 4.69) is 12.2 Å². The predicted molar refractivity (Wildman–Crippen MR) is 68.8 cm³/mol. The number of anilines is 1. The molecule has 0 bridgehead atoms. The van der Waals surface area contributed by atoms with Gasteiger partial charge in [0, 0.05) is 6.42 Å². The SMILES string of the molecule is CCCCCC(=O)Nc1cc(C)c(C(=O)O)s1. The summed E-state index contributed by atoms with van der Waals surface area (Å²) in [6.45, 7) is 3.81. The Kier molecular flexibility index (Phi) is 5.15. The smallest absolute Gasteiger partial charge is 0.346 e. The fourth-order valence-electron chi connectivity index (χ4n) is 1.49. The molecule has 1 heterocycles. The summed E-state index contributed by atoms with van der Waals surface area (Å²) in [7, 11) is 0. The zero-order chi connectivity index (χ0) is 12.8. The van der Waals surface area contributed by atoms with E-state index in [0.29, 0.717) is 17.0 Å². The van der Waals surface area contributed by atoms with Crippen molar-refractivity contribution in [3.8, 4) is 0 Å². The molecule has 0 spiro atoms. The zero-order valence-electron chi connectivity index (χ0n) is 10.1. The van der Waals surface area contributed by atoms with E-state index >= 15 is 0 Å². The number of carboxylic acids is 1. The molecule has 4 nitrogen and oxygen atoms in total. The van der Waals surface area contributed by atoms with Crippen molar-refractivity contribution < 1.29 is 14.7 Å². The van der Waals surface area contributed by atoms with Gasteiger partial charge < -0.3 is 10.4 Å². The van der Waals surface area contributed by atoms with E-state index in [1.165, 1.54) is 0 Å². The minimum absolute atomic E-state index is 0.0448. The third-order valence-corrected chi connectivity index (χ3v) is 3.52. The highest BCUT2D eigenvalue weighted by atomic mass is 32.1. The maximum absolute atomic E-state index is 11.5. The highest BCUT2D eigenvalue weighted by Gasteiger charge is 2.13. The van der Waals surface area contributed by atoms with Gasteiger partial charge in [-0.25, -0.2) is 4.79 Å². The molecule has 0 saturated heterocycles. The lowest BCUT2D eigenvalue weighted by molar-refractivity contribution is -0.116. The van der Waals surface area contributed by atoms with E-state index in [9.17, 15) is 9.59 Å². The first-order valence-electron chi connectivity index (χ1n) is 5.68. The number of hydrogen-bond acceptors (Lipinski definition) is 3. The average molecular weight is 255 g/mol. The first-order chi connectivity index (χ1) is 8.04. The van der Waals surface area contributed by atoms with Crippen molar-refractivity contribution in [2.24, 2.45) is 0 Å². The molecule has 1 aromatic heterocycles. The fourth-order valence-corrected chi connectivity index (χ4v) is 2.42. The Hall–Kier alpha value is -1.36. The average Bonchev–Trinajstić information content (AvgIpc) is 2.60. The molecule has 0 atom stereocenters. The standard InChI is InChI=1S/C12H17NO3S/c1-3-4-5-6-9(14)13-10-7-8(2)11(17-10)12(15)16/h7H,3-6H2,1-2H3,(H,13,14)(H,15,16). The molecule has 0 unspecified atom stereocenters. The minimum atomic E-state index is -0.945. The predicted octanol–water partition coefficient (Wildman–Crippen LogP) is 3.27. The lowest BCUT2D eigenvalue weighted by atomic mass is 10.2. The van der Waals surface area contributed by atoms with Crippen LogP contribution in [0.3, 0.4) is 0 Å². The molecule has 94 valence electrons. The van der Waals surface area contributed by atoms with Gasteiger partial charge >= 0.3 is 5.97 Å². The van der Waals surface area contributed by atoms with E-state index in [0.717, 1.165) is 30.6 Å². The van der Waals surface area contributed by atoms with Gasteiger partial charge in [-0.1, -0.05) is 19.8 Å². The maximum Gasteiger partial charge on any atom is 0.346 e. The lowest BCUT2D eigenvalue weighted by Gasteiger charge is -2.01. The van der Waals surface area contributed by atoms with Crippen LogP contribution in [0, 0.1) is 6.92 Å². The number of thiophene rings is 1. The molecular weight excluding hydrogens is 238 g/mol. The maximum atomic E-state index is 11.5. The third kappa shape index (κ3) is 4.19. The number of carbonyl (C=O) groups is 2. The van der Waals surface area contributed by atoms with Crippen LogP contribution in [-0.2, 0) is 4.79 Å². The van der Waals surface area contributed by atoms with E-state index in [1.807, 2.05) is 0 Å². The highest BCUT2D eigenvalue weighted by Crippen LogP contribution is 2.26. The minimum Gasteiger partial charge on any atom is -0.477 e. The Morgan fingerprint density at radius 1 is 1.41 bits per heavy atom. The van der Waals surface area contributed by atoms with Gasteiger partial charge in [0.2, 0.25) is 5.91 Å². The summed E-state index contributed by atoms with van der Waals surface area (Å²) in [5.74, 6) is -0.990. The molecule has 0 radical (unpaired) electrons. The molecule has 0 saturated carbocycles. The number of nitrogens with one attached hydrogen (secondary N) is 1. The number of carboxylic acid groups (broad SMARTS) is 1. The van der Waals surface area contributed by atoms with Crippen molar-refractivity contribution in [3.63, 3.8) is 0 Å². The number of aromatic carboxylic acids is 1. The van der Waals surface area contributed by atoms with Crippen LogP contribution in [0.25, 0.3) is 0 Å². The highest BCUT2D eigenvalue weighted by molar-refractivity contribution is 7.18. The van der Waals surface area contributed by atoms with Gasteiger partial charge in [0.05, 0.1) is 5.00 Å². The molecular formula is C12H17NO3S. The molecule has 0 aliphatic carbocycles. The summed E-state index contributed by atoms with van der Waals surface area (Å²) < 4.78 is 0. The number of aryl methyl sites for hydroxylation is 1. The third-order valence-electron chi connectivity index (χ3n) is 2.38. The molecule has 0 aliphatic heterocycles. The Morgan fingerprint density at radius 3 is 2.65 bits per heavy atom. The normalized spacial score (nSPS) is 10.2. The van der Waals surface area contributed by atoms with E-state index in [1.54, 1.807) is 13.0 Å². The fraction of sp³-hybridized carbons (Fsp3) is 0.500. The van der Waals surface area contributed by atoms with Crippen molar-refractivity contribution >= 4 is 28.2 Å². The van der Waals surface area contributed by atoms with Crippen molar-refractivity contribution in [1.29, 1.82) is 0 Å².